The molecular weight excluding hydrogens is 248 g/mol. The Balaban J connectivity index is 2.74. The van der Waals surface area contributed by atoms with E-state index < -0.39 is 11.6 Å². The van der Waals surface area contributed by atoms with Crippen molar-refractivity contribution >= 4 is 17.5 Å². The van der Waals surface area contributed by atoms with Crippen LogP contribution in [0.2, 0.25) is 0 Å². The zero-order valence-corrected chi connectivity index (χ0v) is 10.5. The van der Waals surface area contributed by atoms with Crippen LogP contribution in [0, 0.1) is 17.6 Å². The van der Waals surface area contributed by atoms with Crippen LogP contribution in [0.4, 0.5) is 8.78 Å². The van der Waals surface area contributed by atoms with Gasteiger partial charge in [-0.25, -0.2) is 8.78 Å². The maximum absolute atomic E-state index is 13.4. The lowest BCUT2D eigenvalue weighted by Crippen LogP contribution is -2.32. The summed E-state index contributed by atoms with van der Waals surface area (Å²) in [4.78, 5) is 13.1. The number of alkyl halides is 1. The highest BCUT2D eigenvalue weighted by molar-refractivity contribution is 6.19. The summed E-state index contributed by atoms with van der Waals surface area (Å²) in [7, 11) is 1.56. The van der Waals surface area contributed by atoms with Gasteiger partial charge in [-0.1, -0.05) is 13.0 Å². The van der Waals surface area contributed by atoms with Crippen molar-refractivity contribution < 1.29 is 13.6 Å². The Morgan fingerprint density at radius 3 is 2.65 bits per heavy atom. The fourth-order valence-electron chi connectivity index (χ4n) is 1.43. The summed E-state index contributed by atoms with van der Waals surface area (Å²) in [6.45, 7) is 1.80. The molecule has 2 nitrogen and oxygen atoms in total. The van der Waals surface area contributed by atoms with Crippen molar-refractivity contribution in [2.45, 2.75) is 13.5 Å². The smallest absolute Gasteiger partial charge is 0.226 e. The van der Waals surface area contributed by atoms with Crippen LogP contribution >= 0.6 is 11.6 Å². The Kier molecular flexibility index (Phi) is 4.87. The van der Waals surface area contributed by atoms with Crippen LogP contribution in [0.5, 0.6) is 0 Å². The Morgan fingerprint density at radius 2 is 2.12 bits per heavy atom. The average Bonchev–Trinajstić information content (AvgIpc) is 2.30. The number of carbonyl (C=O) groups is 1. The Morgan fingerprint density at radius 1 is 1.47 bits per heavy atom. The van der Waals surface area contributed by atoms with E-state index in [1.807, 2.05) is 0 Å². The monoisotopic (exact) mass is 261 g/mol. The van der Waals surface area contributed by atoms with Gasteiger partial charge in [0, 0.05) is 37.0 Å². The van der Waals surface area contributed by atoms with Crippen LogP contribution in [0.3, 0.4) is 0 Å². The van der Waals surface area contributed by atoms with Crippen LogP contribution < -0.4 is 0 Å². The van der Waals surface area contributed by atoms with E-state index in [0.717, 1.165) is 6.07 Å². The summed E-state index contributed by atoms with van der Waals surface area (Å²) in [5.74, 6) is -1.54. The molecule has 0 aromatic heterocycles. The lowest BCUT2D eigenvalue weighted by molar-refractivity contribution is -0.133. The fourth-order valence-corrected chi connectivity index (χ4v) is 1.56. The van der Waals surface area contributed by atoms with E-state index in [4.69, 9.17) is 11.6 Å². The summed E-state index contributed by atoms with van der Waals surface area (Å²) < 4.78 is 26.0. The van der Waals surface area contributed by atoms with Crippen LogP contribution in [0.25, 0.3) is 0 Å². The average molecular weight is 262 g/mol. The zero-order chi connectivity index (χ0) is 13.0. The molecule has 0 spiro atoms. The molecule has 0 heterocycles. The van der Waals surface area contributed by atoms with E-state index >= 15 is 0 Å². The SMILES string of the molecule is CC(CCl)C(=O)N(C)Cc1ccc(F)cc1F. The van der Waals surface area contributed by atoms with E-state index in [9.17, 15) is 13.6 Å². The van der Waals surface area contributed by atoms with E-state index in [2.05, 4.69) is 0 Å². The molecular formula is C12H14ClF2NO. The second kappa shape index (κ2) is 5.96. The summed E-state index contributed by atoms with van der Waals surface area (Å²) in [6, 6.07) is 3.31. The fraction of sp³-hybridized carbons (Fsp3) is 0.417. The molecule has 0 N–H and O–H groups in total. The highest BCUT2D eigenvalue weighted by Gasteiger charge is 2.17. The normalized spacial score (nSPS) is 12.3. The number of amides is 1. The number of rotatable bonds is 4. The van der Waals surface area contributed by atoms with Crippen molar-refractivity contribution in [3.05, 3.63) is 35.4 Å². The Labute approximate surface area is 104 Å². The van der Waals surface area contributed by atoms with Gasteiger partial charge in [0.05, 0.1) is 0 Å². The van der Waals surface area contributed by atoms with Gasteiger partial charge >= 0.3 is 0 Å². The second-order valence-electron chi connectivity index (χ2n) is 3.99. The maximum atomic E-state index is 13.4. The molecule has 0 fully saturated rings. The lowest BCUT2D eigenvalue weighted by atomic mass is 10.1. The van der Waals surface area contributed by atoms with Gasteiger partial charge in [-0.05, 0) is 6.07 Å². The van der Waals surface area contributed by atoms with Gasteiger partial charge in [0.25, 0.3) is 0 Å². The van der Waals surface area contributed by atoms with Gasteiger partial charge in [0.1, 0.15) is 11.6 Å². The minimum atomic E-state index is -0.650. The van der Waals surface area contributed by atoms with Crippen molar-refractivity contribution in [1.82, 2.24) is 4.90 Å². The third-order valence-electron chi connectivity index (χ3n) is 2.45. The van der Waals surface area contributed by atoms with Gasteiger partial charge in [-0.3, -0.25) is 4.79 Å². The quantitative estimate of drug-likeness (QED) is 0.764. The molecule has 0 bridgehead atoms. The number of hydrogen-bond donors (Lipinski definition) is 0. The lowest BCUT2D eigenvalue weighted by Gasteiger charge is -2.20. The number of benzene rings is 1. The molecule has 0 radical (unpaired) electrons. The second-order valence-corrected chi connectivity index (χ2v) is 4.29. The van der Waals surface area contributed by atoms with Gasteiger partial charge < -0.3 is 4.90 Å². The van der Waals surface area contributed by atoms with Crippen LogP contribution in [0.1, 0.15) is 12.5 Å². The molecule has 0 aliphatic rings. The van der Waals surface area contributed by atoms with Gasteiger partial charge in [0.15, 0.2) is 0 Å². The molecule has 1 aromatic carbocycles. The first kappa shape index (κ1) is 13.9. The summed E-state index contributed by atoms with van der Waals surface area (Å²) in [5.41, 5.74) is 0.282. The van der Waals surface area contributed by atoms with Crippen molar-refractivity contribution in [3.8, 4) is 0 Å². The van der Waals surface area contributed by atoms with Gasteiger partial charge in [0.2, 0.25) is 5.91 Å². The van der Waals surface area contributed by atoms with E-state index in [1.165, 1.54) is 17.0 Å². The van der Waals surface area contributed by atoms with E-state index in [1.54, 1.807) is 14.0 Å². The molecule has 0 aliphatic heterocycles. The highest BCUT2D eigenvalue weighted by atomic mass is 35.5. The molecule has 1 amide bonds. The van der Waals surface area contributed by atoms with Crippen LogP contribution in [0.15, 0.2) is 18.2 Å². The predicted octanol–water partition coefficient (Wildman–Crippen LogP) is 2.80. The van der Waals surface area contributed by atoms with Gasteiger partial charge in [-0.15, -0.1) is 11.6 Å². The third kappa shape index (κ3) is 3.66. The van der Waals surface area contributed by atoms with Crippen molar-refractivity contribution in [2.24, 2.45) is 5.92 Å². The largest absolute Gasteiger partial charge is 0.341 e. The summed E-state index contributed by atoms with van der Waals surface area (Å²) >= 11 is 5.57. The Bertz CT molecular complexity index is 411. The molecule has 94 valence electrons. The molecule has 17 heavy (non-hydrogen) atoms. The first-order valence-corrected chi connectivity index (χ1v) is 5.74. The predicted molar refractivity (Wildman–Crippen MR) is 62.7 cm³/mol. The first-order valence-electron chi connectivity index (χ1n) is 5.20. The highest BCUT2D eigenvalue weighted by Crippen LogP contribution is 2.13. The Hall–Kier alpha value is -1.16. The number of hydrogen-bond acceptors (Lipinski definition) is 1. The van der Waals surface area contributed by atoms with Crippen LogP contribution in [-0.2, 0) is 11.3 Å². The summed E-state index contributed by atoms with van der Waals surface area (Å²) in [5, 5.41) is 0. The minimum absolute atomic E-state index is 0.103. The molecule has 1 aromatic rings. The van der Waals surface area contributed by atoms with E-state index in [-0.39, 0.29) is 29.8 Å². The molecule has 5 heteroatoms. The molecule has 0 saturated heterocycles. The molecule has 1 unspecified atom stereocenters. The topological polar surface area (TPSA) is 20.3 Å². The number of nitrogens with zero attached hydrogens (tertiary/aromatic N) is 1. The first-order chi connectivity index (χ1) is 7.95. The molecule has 0 aliphatic carbocycles. The van der Waals surface area contributed by atoms with E-state index in [0.29, 0.717) is 0 Å². The van der Waals surface area contributed by atoms with Gasteiger partial charge in [-0.2, -0.15) is 0 Å². The molecule has 1 rings (SSSR count). The molecule has 0 saturated carbocycles. The summed E-state index contributed by atoms with van der Waals surface area (Å²) in [6.07, 6.45) is 0. The van der Waals surface area contributed by atoms with Crippen molar-refractivity contribution in [1.29, 1.82) is 0 Å². The standard InChI is InChI=1S/C12H14ClF2NO/c1-8(6-13)12(17)16(2)7-9-3-4-10(14)5-11(9)15/h3-5,8H,6-7H2,1-2H3. The number of halogens is 3. The number of carbonyl (C=O) groups excluding carboxylic acids is 1. The zero-order valence-electron chi connectivity index (χ0n) is 9.71. The maximum Gasteiger partial charge on any atom is 0.226 e. The van der Waals surface area contributed by atoms with Crippen LogP contribution in [-0.4, -0.2) is 23.7 Å². The minimum Gasteiger partial charge on any atom is -0.341 e. The third-order valence-corrected chi connectivity index (χ3v) is 2.91. The molecule has 1 atom stereocenters. The van der Waals surface area contributed by atoms with Crippen molar-refractivity contribution in [2.75, 3.05) is 12.9 Å². The van der Waals surface area contributed by atoms with Crippen molar-refractivity contribution in [3.63, 3.8) is 0 Å².